The zero-order chi connectivity index (χ0) is 19.8. The number of hydrogen-bond donors (Lipinski definition) is 2. The van der Waals surface area contributed by atoms with Crippen LogP contribution < -0.4 is 15.8 Å². The minimum absolute atomic E-state index is 0.130. The van der Waals surface area contributed by atoms with E-state index >= 15 is 0 Å². The van der Waals surface area contributed by atoms with Gasteiger partial charge in [0.2, 0.25) is 0 Å². The van der Waals surface area contributed by atoms with E-state index in [0.29, 0.717) is 30.9 Å². The molecule has 0 bridgehead atoms. The number of ether oxygens (including phenoxy) is 1. The van der Waals surface area contributed by atoms with Gasteiger partial charge in [0, 0.05) is 18.3 Å². The summed E-state index contributed by atoms with van der Waals surface area (Å²) >= 11 is 0. The highest BCUT2D eigenvalue weighted by molar-refractivity contribution is 5.99. The van der Waals surface area contributed by atoms with E-state index in [-0.39, 0.29) is 5.91 Å². The second-order valence-corrected chi connectivity index (χ2v) is 6.56. The maximum Gasteiger partial charge on any atom is 0.255 e. The number of hydrogen-bond acceptors (Lipinski definition) is 4. The normalized spacial score (nSPS) is 10.6. The molecule has 2 aromatic carbocycles. The third-order valence-corrected chi connectivity index (χ3v) is 4.45. The first kappa shape index (κ1) is 19.6. The molecule has 0 aliphatic heterocycles. The van der Waals surface area contributed by atoms with E-state index in [2.05, 4.69) is 5.32 Å². The molecule has 1 amide bonds. The lowest BCUT2D eigenvalue weighted by atomic mass is 10.1. The molecule has 0 saturated carbocycles. The topological polar surface area (TPSA) is 82.2 Å². The van der Waals surface area contributed by atoms with Crippen LogP contribution in [0.15, 0.2) is 60.8 Å². The van der Waals surface area contributed by atoms with Gasteiger partial charge >= 0.3 is 0 Å². The van der Waals surface area contributed by atoms with E-state index in [1.807, 2.05) is 54.6 Å². The fourth-order valence-corrected chi connectivity index (χ4v) is 2.99. The summed E-state index contributed by atoms with van der Waals surface area (Å²) in [4.78, 5) is 12.8. The van der Waals surface area contributed by atoms with Crippen molar-refractivity contribution in [2.24, 2.45) is 5.73 Å². The van der Waals surface area contributed by atoms with Gasteiger partial charge in [-0.25, -0.2) is 0 Å². The number of unbranched alkanes of at least 4 members (excludes halogenated alkanes) is 1. The monoisotopic (exact) mass is 378 g/mol. The lowest BCUT2D eigenvalue weighted by Crippen LogP contribution is -2.25. The van der Waals surface area contributed by atoms with Crippen LogP contribution in [0.1, 0.15) is 28.8 Å². The molecule has 0 atom stereocenters. The van der Waals surface area contributed by atoms with Gasteiger partial charge in [0.1, 0.15) is 11.4 Å². The predicted octanol–water partition coefficient (Wildman–Crippen LogP) is 3.08. The molecule has 28 heavy (non-hydrogen) atoms. The van der Waals surface area contributed by atoms with Crippen LogP contribution in [0.2, 0.25) is 0 Å². The first-order valence-electron chi connectivity index (χ1n) is 9.45. The Kier molecular flexibility index (Phi) is 6.81. The number of carbonyl (C=O) groups is 1. The molecule has 0 aliphatic rings. The predicted molar refractivity (Wildman–Crippen MR) is 110 cm³/mol. The molecule has 3 rings (SSSR count). The molecule has 0 fully saturated rings. The molecule has 0 saturated heterocycles. The Morgan fingerprint density at radius 2 is 1.96 bits per heavy atom. The molecule has 3 N–H and O–H groups in total. The average molecular weight is 378 g/mol. The highest BCUT2D eigenvalue weighted by atomic mass is 16.5. The second kappa shape index (κ2) is 9.71. The summed E-state index contributed by atoms with van der Waals surface area (Å²) < 4.78 is 7.13. The zero-order valence-corrected chi connectivity index (χ0v) is 16.1. The van der Waals surface area contributed by atoms with Gasteiger partial charge in [0.05, 0.1) is 19.2 Å². The average Bonchev–Trinajstić information content (AvgIpc) is 3.16. The number of nitrogens with zero attached hydrogens (tertiary/aromatic N) is 2. The van der Waals surface area contributed by atoms with Crippen molar-refractivity contribution >= 4 is 5.91 Å². The van der Waals surface area contributed by atoms with E-state index in [1.54, 1.807) is 18.0 Å². The summed E-state index contributed by atoms with van der Waals surface area (Å²) in [6.45, 7) is 1.82. The fraction of sp³-hybridized carbons (Fsp3) is 0.273. The van der Waals surface area contributed by atoms with Gasteiger partial charge in [-0.2, -0.15) is 5.10 Å². The van der Waals surface area contributed by atoms with Crippen LogP contribution in [0.4, 0.5) is 0 Å². The van der Waals surface area contributed by atoms with Crippen LogP contribution in [0.5, 0.6) is 5.75 Å². The van der Waals surface area contributed by atoms with E-state index in [4.69, 9.17) is 15.6 Å². The highest BCUT2D eigenvalue weighted by Gasteiger charge is 2.18. The molecular formula is C22H26N4O2. The van der Waals surface area contributed by atoms with Crippen LogP contribution in [0, 0.1) is 0 Å². The molecule has 1 heterocycles. The van der Waals surface area contributed by atoms with Gasteiger partial charge < -0.3 is 15.8 Å². The third-order valence-electron chi connectivity index (χ3n) is 4.45. The first-order chi connectivity index (χ1) is 13.7. The minimum Gasteiger partial charge on any atom is -0.497 e. The van der Waals surface area contributed by atoms with Gasteiger partial charge in [0.15, 0.2) is 0 Å². The molecule has 3 aromatic rings. The summed E-state index contributed by atoms with van der Waals surface area (Å²) in [5, 5.41) is 7.67. The molecule has 0 radical (unpaired) electrons. The number of aromatic nitrogens is 2. The molecule has 0 unspecified atom stereocenters. The van der Waals surface area contributed by atoms with Crippen LogP contribution in [-0.4, -0.2) is 35.9 Å². The maximum atomic E-state index is 12.8. The van der Waals surface area contributed by atoms with Crippen molar-refractivity contribution in [3.63, 3.8) is 0 Å². The number of rotatable bonds is 9. The van der Waals surface area contributed by atoms with E-state index in [0.717, 1.165) is 29.7 Å². The summed E-state index contributed by atoms with van der Waals surface area (Å²) in [5.74, 6) is 0.596. The summed E-state index contributed by atoms with van der Waals surface area (Å²) in [7, 11) is 1.62. The van der Waals surface area contributed by atoms with Gasteiger partial charge in [-0.1, -0.05) is 42.5 Å². The van der Waals surface area contributed by atoms with Gasteiger partial charge in [0.25, 0.3) is 5.91 Å². The van der Waals surface area contributed by atoms with E-state index in [1.165, 1.54) is 0 Å². The smallest absolute Gasteiger partial charge is 0.255 e. The largest absolute Gasteiger partial charge is 0.497 e. The SMILES string of the molecule is COc1cccc(-c2nn(Cc3ccccc3)cc2C(=O)NCCCCN)c1. The quantitative estimate of drug-likeness (QED) is 0.561. The Morgan fingerprint density at radius 3 is 2.71 bits per heavy atom. The van der Waals surface area contributed by atoms with Crippen molar-refractivity contribution in [3.8, 4) is 17.0 Å². The Bertz CT molecular complexity index is 906. The maximum absolute atomic E-state index is 12.8. The molecule has 146 valence electrons. The van der Waals surface area contributed by atoms with Crippen LogP contribution in [0.25, 0.3) is 11.3 Å². The second-order valence-electron chi connectivity index (χ2n) is 6.56. The lowest BCUT2D eigenvalue weighted by Gasteiger charge is -2.06. The number of benzene rings is 2. The Balaban J connectivity index is 1.89. The third kappa shape index (κ3) is 4.98. The zero-order valence-electron chi connectivity index (χ0n) is 16.1. The summed E-state index contributed by atoms with van der Waals surface area (Å²) in [5.41, 5.74) is 8.69. The fourth-order valence-electron chi connectivity index (χ4n) is 2.99. The van der Waals surface area contributed by atoms with Crippen LogP contribution >= 0.6 is 0 Å². The number of amides is 1. The minimum atomic E-state index is -0.130. The van der Waals surface area contributed by atoms with Crippen molar-refractivity contribution in [2.75, 3.05) is 20.2 Å². The number of carbonyl (C=O) groups excluding carboxylic acids is 1. The van der Waals surface area contributed by atoms with Gasteiger partial charge in [-0.15, -0.1) is 0 Å². The molecule has 1 aromatic heterocycles. The lowest BCUT2D eigenvalue weighted by molar-refractivity contribution is 0.0953. The van der Waals surface area contributed by atoms with Crippen molar-refractivity contribution in [3.05, 3.63) is 71.9 Å². The number of nitrogens with two attached hydrogens (primary N) is 1. The molecular weight excluding hydrogens is 352 g/mol. The standard InChI is InChI=1S/C22H26N4O2/c1-28-19-11-7-10-18(14-19)21-20(22(27)24-13-6-5-12-23)16-26(25-21)15-17-8-3-2-4-9-17/h2-4,7-11,14,16H,5-6,12-13,15,23H2,1H3,(H,24,27). The summed E-state index contributed by atoms with van der Waals surface area (Å²) in [6.07, 6.45) is 3.55. The molecule has 6 nitrogen and oxygen atoms in total. The molecule has 0 aliphatic carbocycles. The summed E-state index contributed by atoms with van der Waals surface area (Å²) in [6, 6.07) is 17.6. The van der Waals surface area contributed by atoms with E-state index in [9.17, 15) is 4.79 Å². The Hall–Kier alpha value is -3.12. The Morgan fingerprint density at radius 1 is 1.14 bits per heavy atom. The van der Waals surface area contributed by atoms with Gasteiger partial charge in [-0.3, -0.25) is 9.48 Å². The van der Waals surface area contributed by atoms with Crippen molar-refractivity contribution in [2.45, 2.75) is 19.4 Å². The van der Waals surface area contributed by atoms with Crippen molar-refractivity contribution in [1.29, 1.82) is 0 Å². The van der Waals surface area contributed by atoms with Crippen LogP contribution in [0.3, 0.4) is 0 Å². The Labute approximate surface area is 165 Å². The van der Waals surface area contributed by atoms with Crippen LogP contribution in [-0.2, 0) is 6.54 Å². The van der Waals surface area contributed by atoms with Crippen molar-refractivity contribution in [1.82, 2.24) is 15.1 Å². The van der Waals surface area contributed by atoms with E-state index < -0.39 is 0 Å². The first-order valence-corrected chi connectivity index (χ1v) is 9.45. The number of nitrogens with one attached hydrogen (secondary N) is 1. The van der Waals surface area contributed by atoms with Crippen molar-refractivity contribution < 1.29 is 9.53 Å². The molecule has 6 heteroatoms. The highest BCUT2D eigenvalue weighted by Crippen LogP contribution is 2.26. The molecule has 0 spiro atoms. The number of methoxy groups -OCH3 is 1. The van der Waals surface area contributed by atoms with Gasteiger partial charge in [-0.05, 0) is 37.1 Å².